The van der Waals surface area contributed by atoms with E-state index in [1.54, 1.807) is 38.3 Å². The first-order valence-corrected chi connectivity index (χ1v) is 4.62. The van der Waals surface area contributed by atoms with Crippen LogP contribution in [0.4, 0.5) is 0 Å². The van der Waals surface area contributed by atoms with E-state index in [-0.39, 0.29) is 11.5 Å². The van der Waals surface area contributed by atoms with E-state index < -0.39 is 0 Å². The normalized spacial score (nSPS) is 9.20. The fourth-order valence-electron chi connectivity index (χ4n) is 1.19. The molecule has 0 N–H and O–H groups in total. The zero-order chi connectivity index (χ0) is 11.3. The zero-order valence-electron chi connectivity index (χ0n) is 8.73. The van der Waals surface area contributed by atoms with Crippen LogP contribution in [0.5, 0.6) is 5.75 Å². The Hall–Kier alpha value is -1.93. The van der Waals surface area contributed by atoms with E-state index in [2.05, 4.69) is 4.79 Å². The second kappa shape index (κ2) is 5.08. The van der Waals surface area contributed by atoms with Crippen LogP contribution in [0.2, 0.25) is 0 Å². The van der Waals surface area contributed by atoms with Gasteiger partial charge in [0, 0.05) is 5.56 Å². The molecular formula is C11H12N2O2. The molecule has 0 unspecified atom stereocenters. The lowest BCUT2D eigenvalue weighted by molar-refractivity contribution is -0.00869. The van der Waals surface area contributed by atoms with Crippen molar-refractivity contribution in [3.05, 3.63) is 35.4 Å². The Balaban J connectivity index is 2.97. The molecule has 1 aromatic rings. The summed E-state index contributed by atoms with van der Waals surface area (Å²) in [5, 5.41) is 0. The van der Waals surface area contributed by atoms with Crippen LogP contribution in [-0.4, -0.2) is 23.4 Å². The minimum absolute atomic E-state index is 0.153. The maximum atomic E-state index is 11.7. The van der Waals surface area contributed by atoms with Crippen LogP contribution in [0, 0.1) is 0 Å². The van der Waals surface area contributed by atoms with Gasteiger partial charge in [0.15, 0.2) is 0 Å². The van der Waals surface area contributed by atoms with Crippen molar-refractivity contribution in [2.24, 2.45) is 0 Å². The SMILES string of the molecule is CCC(=[N+]=[N-])C(=O)c1ccc(OC)cc1. The summed E-state index contributed by atoms with van der Waals surface area (Å²) in [7, 11) is 1.56. The molecule has 0 saturated carbocycles. The molecule has 0 aliphatic rings. The second-order valence-corrected chi connectivity index (χ2v) is 2.96. The molecule has 0 radical (unpaired) electrons. The Morgan fingerprint density at radius 2 is 2.00 bits per heavy atom. The minimum Gasteiger partial charge on any atom is -0.497 e. The zero-order valence-corrected chi connectivity index (χ0v) is 8.73. The van der Waals surface area contributed by atoms with Crippen LogP contribution in [0.25, 0.3) is 5.53 Å². The predicted octanol–water partition coefficient (Wildman–Crippen LogP) is 1.96. The fourth-order valence-corrected chi connectivity index (χ4v) is 1.19. The van der Waals surface area contributed by atoms with Gasteiger partial charge in [-0.3, -0.25) is 4.79 Å². The highest BCUT2D eigenvalue weighted by atomic mass is 16.5. The highest BCUT2D eigenvalue weighted by Crippen LogP contribution is 2.12. The number of ether oxygens (including phenoxy) is 1. The number of rotatable bonds is 4. The summed E-state index contributed by atoms with van der Waals surface area (Å²) in [4.78, 5) is 14.6. The Morgan fingerprint density at radius 3 is 2.40 bits per heavy atom. The van der Waals surface area contributed by atoms with Crippen LogP contribution < -0.4 is 4.74 Å². The average molecular weight is 204 g/mol. The average Bonchev–Trinajstić information content (AvgIpc) is 2.30. The molecule has 0 saturated heterocycles. The van der Waals surface area contributed by atoms with Gasteiger partial charge >= 0.3 is 5.71 Å². The maximum absolute atomic E-state index is 11.7. The van der Waals surface area contributed by atoms with Gasteiger partial charge in [0.1, 0.15) is 5.75 Å². The van der Waals surface area contributed by atoms with E-state index >= 15 is 0 Å². The van der Waals surface area contributed by atoms with Gasteiger partial charge in [0.05, 0.1) is 13.5 Å². The first-order valence-electron chi connectivity index (χ1n) is 4.62. The number of hydrogen-bond donors (Lipinski definition) is 0. The molecule has 0 bridgehead atoms. The second-order valence-electron chi connectivity index (χ2n) is 2.96. The first-order chi connectivity index (χ1) is 7.22. The van der Waals surface area contributed by atoms with E-state index in [0.717, 1.165) is 0 Å². The van der Waals surface area contributed by atoms with E-state index in [0.29, 0.717) is 17.7 Å². The van der Waals surface area contributed by atoms with Crippen LogP contribution in [0.1, 0.15) is 23.7 Å². The van der Waals surface area contributed by atoms with Gasteiger partial charge in [-0.05, 0) is 24.3 Å². The van der Waals surface area contributed by atoms with Crippen molar-refractivity contribution in [1.82, 2.24) is 0 Å². The van der Waals surface area contributed by atoms with Gasteiger partial charge in [0.25, 0.3) is 5.78 Å². The number of nitrogens with zero attached hydrogens (tertiary/aromatic N) is 2. The first kappa shape index (κ1) is 11.1. The lowest BCUT2D eigenvalue weighted by Gasteiger charge is -1.99. The van der Waals surface area contributed by atoms with Gasteiger partial charge in [-0.25, -0.2) is 0 Å². The Labute approximate surface area is 88.1 Å². The van der Waals surface area contributed by atoms with Crippen molar-refractivity contribution in [3.63, 3.8) is 0 Å². The Morgan fingerprint density at radius 1 is 1.40 bits per heavy atom. The standard InChI is InChI=1S/C11H12N2O2/c1-3-10(13-12)11(14)8-4-6-9(15-2)7-5-8/h4-7H,3H2,1-2H3. The lowest BCUT2D eigenvalue weighted by atomic mass is 10.1. The minimum atomic E-state index is -0.261. The smallest absolute Gasteiger partial charge is 0.339 e. The van der Waals surface area contributed by atoms with E-state index in [1.165, 1.54) is 0 Å². The molecule has 4 nitrogen and oxygen atoms in total. The van der Waals surface area contributed by atoms with Crippen LogP contribution in [-0.2, 0) is 0 Å². The summed E-state index contributed by atoms with van der Waals surface area (Å²) < 4.78 is 4.97. The summed E-state index contributed by atoms with van der Waals surface area (Å²) in [5.41, 5.74) is 9.25. The summed E-state index contributed by atoms with van der Waals surface area (Å²) in [6, 6.07) is 6.67. The molecule has 15 heavy (non-hydrogen) atoms. The molecule has 0 fully saturated rings. The highest BCUT2D eigenvalue weighted by molar-refractivity contribution is 6.43. The third kappa shape index (κ3) is 2.51. The van der Waals surface area contributed by atoms with Crippen LogP contribution in [0.3, 0.4) is 0 Å². The monoisotopic (exact) mass is 204 g/mol. The summed E-state index contributed by atoms with van der Waals surface area (Å²) >= 11 is 0. The van der Waals surface area contributed by atoms with Crippen molar-refractivity contribution in [2.75, 3.05) is 7.11 Å². The van der Waals surface area contributed by atoms with Gasteiger partial charge in [-0.2, -0.15) is 4.79 Å². The van der Waals surface area contributed by atoms with Crippen molar-refractivity contribution in [3.8, 4) is 5.75 Å². The summed E-state index contributed by atoms with van der Waals surface area (Å²) in [6.07, 6.45) is 0.404. The molecular weight excluding hydrogens is 192 g/mol. The van der Waals surface area contributed by atoms with Gasteiger partial charge in [0.2, 0.25) is 0 Å². The topological polar surface area (TPSA) is 62.7 Å². The largest absolute Gasteiger partial charge is 0.497 e. The molecule has 78 valence electrons. The molecule has 4 heteroatoms. The van der Waals surface area contributed by atoms with Crippen molar-refractivity contribution >= 4 is 11.5 Å². The predicted molar refractivity (Wildman–Crippen MR) is 56.2 cm³/mol. The van der Waals surface area contributed by atoms with Crippen molar-refractivity contribution < 1.29 is 14.3 Å². The molecule has 0 heterocycles. The van der Waals surface area contributed by atoms with Crippen molar-refractivity contribution in [1.29, 1.82) is 0 Å². The summed E-state index contributed by atoms with van der Waals surface area (Å²) in [5.74, 6) is 0.424. The van der Waals surface area contributed by atoms with Gasteiger partial charge < -0.3 is 10.3 Å². The quantitative estimate of drug-likeness (QED) is 0.325. The molecule has 1 aromatic carbocycles. The van der Waals surface area contributed by atoms with Gasteiger partial charge in [-0.1, -0.05) is 6.92 Å². The number of hydrogen-bond acceptors (Lipinski definition) is 2. The number of methoxy groups -OCH3 is 1. The molecule has 0 amide bonds. The molecule has 0 spiro atoms. The van der Waals surface area contributed by atoms with E-state index in [1.807, 2.05) is 0 Å². The van der Waals surface area contributed by atoms with Gasteiger partial charge in [-0.15, -0.1) is 0 Å². The molecule has 0 aliphatic carbocycles. The van der Waals surface area contributed by atoms with Crippen LogP contribution >= 0.6 is 0 Å². The van der Waals surface area contributed by atoms with Crippen molar-refractivity contribution in [2.45, 2.75) is 13.3 Å². The molecule has 0 aliphatic heterocycles. The fraction of sp³-hybridized carbons (Fsp3) is 0.273. The third-order valence-electron chi connectivity index (χ3n) is 2.07. The Bertz CT molecular complexity index is 403. The summed E-state index contributed by atoms with van der Waals surface area (Å²) in [6.45, 7) is 1.76. The maximum Gasteiger partial charge on any atom is 0.339 e. The molecule has 0 aromatic heterocycles. The van der Waals surface area contributed by atoms with Crippen LogP contribution in [0.15, 0.2) is 24.3 Å². The van der Waals surface area contributed by atoms with E-state index in [4.69, 9.17) is 10.3 Å². The number of benzene rings is 1. The lowest BCUT2D eigenvalue weighted by Crippen LogP contribution is -2.14. The highest BCUT2D eigenvalue weighted by Gasteiger charge is 2.19. The molecule has 1 rings (SSSR count). The van der Waals surface area contributed by atoms with E-state index in [9.17, 15) is 4.79 Å². The number of Topliss-reactive ketones (excluding diaryl/α,β-unsaturated/α-hetero) is 1. The number of carbonyl (C=O) groups is 1. The number of ketones is 1. The third-order valence-corrected chi connectivity index (χ3v) is 2.07. The molecule has 0 atom stereocenters. The number of carbonyl (C=O) groups excluding carboxylic acids is 1. The Kier molecular flexibility index (Phi) is 3.77.